The van der Waals surface area contributed by atoms with Crippen molar-refractivity contribution in [3.8, 4) is 12.3 Å². The summed E-state index contributed by atoms with van der Waals surface area (Å²) in [6.07, 6.45) is 26.3. The summed E-state index contributed by atoms with van der Waals surface area (Å²) in [6, 6.07) is 11.3. The molecule has 0 radical (unpaired) electrons. The maximum absolute atomic E-state index is 13.6. The quantitative estimate of drug-likeness (QED) is 0.117. The molecule has 0 aliphatic heterocycles. The van der Waals surface area contributed by atoms with Gasteiger partial charge < -0.3 is 4.90 Å². The first-order chi connectivity index (χ1) is 18.4. The molecule has 2 aromatic carbocycles. The van der Waals surface area contributed by atoms with E-state index in [1.165, 1.54) is 87.8 Å². The summed E-state index contributed by atoms with van der Waals surface area (Å²) in [5.41, 5.74) is 1.00. The van der Waals surface area contributed by atoms with Crippen molar-refractivity contribution < 1.29 is 8.42 Å². The number of sulfonamides is 1. The molecule has 0 amide bonds. The fraction of sp³-hybridized carbons (Fsp3) is 0.636. The van der Waals surface area contributed by atoms with Gasteiger partial charge in [-0.15, -0.1) is 6.42 Å². The zero-order valence-corrected chi connectivity index (χ0v) is 25.2. The smallest absolute Gasteiger partial charge is 0.244 e. The Kier molecular flexibility index (Phi) is 15.5. The van der Waals surface area contributed by atoms with Crippen molar-refractivity contribution in [1.82, 2.24) is 4.31 Å². The van der Waals surface area contributed by atoms with Crippen LogP contribution in [0.2, 0.25) is 0 Å². The van der Waals surface area contributed by atoms with E-state index in [1.807, 2.05) is 49.3 Å². The number of rotatable bonds is 21. The first-order valence-corrected chi connectivity index (χ1v) is 16.5. The molecular formula is C33H52N2O2S. The Balaban J connectivity index is 1.71. The van der Waals surface area contributed by atoms with Gasteiger partial charge in [0.25, 0.3) is 0 Å². The molecule has 4 nitrogen and oxygen atoms in total. The van der Waals surface area contributed by atoms with Crippen LogP contribution < -0.4 is 4.90 Å². The highest BCUT2D eigenvalue weighted by molar-refractivity contribution is 7.89. The van der Waals surface area contributed by atoms with Crippen LogP contribution in [0.15, 0.2) is 41.3 Å². The number of benzene rings is 2. The van der Waals surface area contributed by atoms with Crippen molar-refractivity contribution in [1.29, 1.82) is 0 Å². The normalized spacial score (nSPS) is 11.8. The molecule has 0 bridgehead atoms. The average molecular weight is 541 g/mol. The highest BCUT2D eigenvalue weighted by Crippen LogP contribution is 2.31. The van der Waals surface area contributed by atoms with Crippen LogP contribution in [-0.2, 0) is 10.0 Å². The van der Waals surface area contributed by atoms with E-state index in [0.717, 1.165) is 35.7 Å². The summed E-state index contributed by atoms with van der Waals surface area (Å²) in [5, 5.41) is 1.68. The number of hydrogen-bond donors (Lipinski definition) is 0. The lowest BCUT2D eigenvalue weighted by Gasteiger charge is -2.22. The summed E-state index contributed by atoms with van der Waals surface area (Å²) in [7, 11) is 0.260. The Labute approximate surface area is 234 Å². The molecule has 0 atom stereocenters. The monoisotopic (exact) mass is 540 g/mol. The van der Waals surface area contributed by atoms with Gasteiger partial charge in [0.05, 0.1) is 11.4 Å². The molecule has 0 saturated carbocycles. The number of anilines is 1. The lowest BCUT2D eigenvalue weighted by molar-refractivity contribution is 0.427. The van der Waals surface area contributed by atoms with Gasteiger partial charge in [0.15, 0.2) is 0 Å². The molecule has 38 heavy (non-hydrogen) atoms. The van der Waals surface area contributed by atoms with Gasteiger partial charge in [0.1, 0.15) is 0 Å². The standard InChI is InChI=1S/C33H52N2O2S/c1-5-7-8-9-10-11-12-13-14-15-16-17-18-19-20-21-29-35(28-6-2)38(36,37)33-27-23-24-30-31(33)25-22-26-32(30)34(3)4/h2,22-27H,5,7-21,28-29H2,1,3-4H3. The van der Waals surface area contributed by atoms with E-state index in [0.29, 0.717) is 11.4 Å². The van der Waals surface area contributed by atoms with Crippen molar-refractivity contribution in [3.05, 3.63) is 36.4 Å². The molecule has 0 heterocycles. The Morgan fingerprint density at radius 3 is 1.66 bits per heavy atom. The highest BCUT2D eigenvalue weighted by atomic mass is 32.2. The van der Waals surface area contributed by atoms with Crippen LogP contribution in [0.25, 0.3) is 10.8 Å². The molecular weight excluding hydrogens is 488 g/mol. The van der Waals surface area contributed by atoms with E-state index in [2.05, 4.69) is 12.8 Å². The van der Waals surface area contributed by atoms with Crippen molar-refractivity contribution >= 4 is 26.5 Å². The number of terminal acetylenes is 1. The van der Waals surface area contributed by atoms with Gasteiger partial charge in [-0.1, -0.05) is 133 Å². The first-order valence-electron chi connectivity index (χ1n) is 15.1. The predicted octanol–water partition coefficient (Wildman–Crippen LogP) is 8.79. The minimum atomic E-state index is -3.68. The molecule has 0 spiro atoms. The topological polar surface area (TPSA) is 40.6 Å². The Hall–Kier alpha value is -2.03. The Morgan fingerprint density at radius 2 is 1.16 bits per heavy atom. The molecule has 212 valence electrons. The van der Waals surface area contributed by atoms with Gasteiger partial charge in [-0.05, 0) is 18.6 Å². The number of hydrogen-bond acceptors (Lipinski definition) is 3. The first kappa shape index (κ1) is 32.2. The van der Waals surface area contributed by atoms with Gasteiger partial charge in [0, 0.05) is 37.1 Å². The van der Waals surface area contributed by atoms with Gasteiger partial charge in [-0.2, -0.15) is 4.31 Å². The van der Waals surface area contributed by atoms with Crippen molar-refractivity contribution in [2.45, 2.75) is 115 Å². The van der Waals surface area contributed by atoms with Crippen molar-refractivity contribution in [2.75, 3.05) is 32.1 Å². The molecule has 2 rings (SSSR count). The van der Waals surface area contributed by atoms with E-state index in [1.54, 1.807) is 6.07 Å². The summed E-state index contributed by atoms with van der Waals surface area (Å²) in [6.45, 7) is 2.84. The maximum atomic E-state index is 13.6. The zero-order chi connectivity index (χ0) is 27.6. The van der Waals surface area contributed by atoms with Gasteiger partial charge in [-0.3, -0.25) is 0 Å². The van der Waals surface area contributed by atoms with Crippen LogP contribution in [0.4, 0.5) is 5.69 Å². The summed E-state index contributed by atoms with van der Waals surface area (Å²) >= 11 is 0. The van der Waals surface area contributed by atoms with E-state index in [9.17, 15) is 8.42 Å². The molecule has 0 fully saturated rings. The third-order valence-electron chi connectivity index (χ3n) is 7.49. The number of unbranched alkanes of at least 4 members (excludes halogenated alkanes) is 15. The number of nitrogens with zero attached hydrogens (tertiary/aromatic N) is 2. The SMILES string of the molecule is C#CCN(CCCCCCCCCCCCCCCCCC)S(=O)(=O)c1cccc2c(N(C)C)cccc12. The van der Waals surface area contributed by atoms with Crippen LogP contribution in [-0.4, -0.2) is 39.9 Å². The van der Waals surface area contributed by atoms with Gasteiger partial charge in [0.2, 0.25) is 10.0 Å². The molecule has 2 aromatic rings. The van der Waals surface area contributed by atoms with Crippen LogP contribution in [0, 0.1) is 12.3 Å². The van der Waals surface area contributed by atoms with Crippen LogP contribution in [0.3, 0.4) is 0 Å². The lowest BCUT2D eigenvalue weighted by Crippen LogP contribution is -2.32. The second-order valence-corrected chi connectivity index (χ2v) is 12.8. The Bertz CT molecular complexity index is 1070. The van der Waals surface area contributed by atoms with E-state index >= 15 is 0 Å². The summed E-state index contributed by atoms with van der Waals surface area (Å²) in [5.74, 6) is 2.56. The molecule has 0 unspecified atom stereocenters. The highest BCUT2D eigenvalue weighted by Gasteiger charge is 2.25. The minimum Gasteiger partial charge on any atom is -0.377 e. The zero-order valence-electron chi connectivity index (χ0n) is 24.4. The fourth-order valence-electron chi connectivity index (χ4n) is 5.24. The molecule has 5 heteroatoms. The second kappa shape index (κ2) is 18.3. The third kappa shape index (κ3) is 10.6. The van der Waals surface area contributed by atoms with Crippen LogP contribution in [0.1, 0.15) is 110 Å². The third-order valence-corrected chi connectivity index (χ3v) is 9.39. The molecule has 0 aliphatic rings. The molecule has 0 saturated heterocycles. The summed E-state index contributed by atoms with van der Waals surface area (Å²) in [4.78, 5) is 2.35. The van der Waals surface area contributed by atoms with E-state index < -0.39 is 10.0 Å². The van der Waals surface area contributed by atoms with Crippen molar-refractivity contribution in [3.63, 3.8) is 0 Å². The average Bonchev–Trinajstić information content (AvgIpc) is 2.91. The predicted molar refractivity (Wildman–Crippen MR) is 165 cm³/mol. The molecule has 0 aromatic heterocycles. The van der Waals surface area contributed by atoms with E-state index in [4.69, 9.17) is 6.42 Å². The maximum Gasteiger partial charge on any atom is 0.244 e. The minimum absolute atomic E-state index is 0.102. The van der Waals surface area contributed by atoms with E-state index in [-0.39, 0.29) is 6.54 Å². The van der Waals surface area contributed by atoms with Crippen LogP contribution >= 0.6 is 0 Å². The Morgan fingerprint density at radius 1 is 0.684 bits per heavy atom. The van der Waals surface area contributed by atoms with Gasteiger partial charge in [-0.25, -0.2) is 8.42 Å². The fourth-order valence-corrected chi connectivity index (χ4v) is 6.84. The number of fused-ring (bicyclic) bond motifs is 1. The molecule has 0 N–H and O–H groups in total. The largest absolute Gasteiger partial charge is 0.377 e. The summed E-state index contributed by atoms with van der Waals surface area (Å²) < 4.78 is 28.7. The molecule has 0 aliphatic carbocycles. The lowest BCUT2D eigenvalue weighted by atomic mass is 10.0. The van der Waals surface area contributed by atoms with Crippen LogP contribution in [0.5, 0.6) is 0 Å². The van der Waals surface area contributed by atoms with Gasteiger partial charge >= 0.3 is 0 Å². The van der Waals surface area contributed by atoms with Crippen molar-refractivity contribution in [2.24, 2.45) is 0 Å². The second-order valence-electron chi connectivity index (χ2n) is 10.9.